The van der Waals surface area contributed by atoms with Crippen LogP contribution in [0.3, 0.4) is 0 Å². The van der Waals surface area contributed by atoms with Gasteiger partial charge in [0.05, 0.1) is 0 Å². The molecule has 0 spiro atoms. The van der Waals surface area contributed by atoms with Gasteiger partial charge in [-0.05, 0) is 37.5 Å². The molecule has 0 aromatic heterocycles. The van der Waals surface area contributed by atoms with Gasteiger partial charge in [-0.2, -0.15) is 0 Å². The van der Waals surface area contributed by atoms with E-state index in [0.717, 1.165) is 32.2 Å². The number of likely N-dealkylation sites (tertiary alicyclic amines) is 2. The minimum absolute atomic E-state index is 0.0327. The number of hydrogen-bond donors (Lipinski definition) is 1. The summed E-state index contributed by atoms with van der Waals surface area (Å²) in [6, 6.07) is -0.473. The first kappa shape index (κ1) is 15.1. The molecule has 0 saturated carbocycles. The van der Waals surface area contributed by atoms with Crippen LogP contribution in [0.1, 0.15) is 46.5 Å². The van der Waals surface area contributed by atoms with Crippen LogP contribution < -0.4 is 0 Å². The van der Waals surface area contributed by atoms with Gasteiger partial charge in [-0.25, -0.2) is 9.59 Å². The van der Waals surface area contributed by atoms with Crippen molar-refractivity contribution in [3.8, 4) is 0 Å². The van der Waals surface area contributed by atoms with Crippen LogP contribution in [0.4, 0.5) is 4.79 Å². The minimum Gasteiger partial charge on any atom is -0.480 e. The van der Waals surface area contributed by atoms with E-state index in [1.54, 1.807) is 4.90 Å². The SMILES string of the molecule is CC(C)C1CCCN1C(=O)N1CCCC(C)C1C(=O)O. The number of amides is 2. The lowest BCUT2D eigenvalue weighted by Gasteiger charge is -2.41. The van der Waals surface area contributed by atoms with E-state index in [2.05, 4.69) is 13.8 Å². The highest BCUT2D eigenvalue weighted by Gasteiger charge is 2.41. The number of carbonyl (C=O) groups excluding carboxylic acids is 1. The van der Waals surface area contributed by atoms with E-state index in [0.29, 0.717) is 12.5 Å². The lowest BCUT2D eigenvalue weighted by atomic mass is 9.91. The molecule has 0 aromatic carbocycles. The molecular formula is C15H26N2O3. The maximum Gasteiger partial charge on any atom is 0.326 e. The average molecular weight is 282 g/mol. The van der Waals surface area contributed by atoms with E-state index < -0.39 is 12.0 Å². The molecule has 2 rings (SSSR count). The fourth-order valence-electron chi connectivity index (χ4n) is 3.67. The largest absolute Gasteiger partial charge is 0.480 e. The van der Waals surface area contributed by atoms with Crippen LogP contribution in [0.2, 0.25) is 0 Å². The number of carboxylic acid groups (broad SMARTS) is 1. The van der Waals surface area contributed by atoms with Gasteiger partial charge in [0.1, 0.15) is 6.04 Å². The maximum absolute atomic E-state index is 12.8. The molecule has 0 radical (unpaired) electrons. The first-order valence-corrected chi connectivity index (χ1v) is 7.73. The number of piperidine rings is 1. The van der Waals surface area contributed by atoms with Crippen molar-refractivity contribution < 1.29 is 14.7 Å². The van der Waals surface area contributed by atoms with Crippen molar-refractivity contribution in [1.29, 1.82) is 0 Å². The monoisotopic (exact) mass is 282 g/mol. The molecule has 0 bridgehead atoms. The first-order chi connectivity index (χ1) is 9.43. The number of nitrogens with zero attached hydrogens (tertiary/aromatic N) is 2. The maximum atomic E-state index is 12.8. The van der Waals surface area contributed by atoms with E-state index in [4.69, 9.17) is 0 Å². The van der Waals surface area contributed by atoms with Gasteiger partial charge in [-0.15, -0.1) is 0 Å². The van der Waals surface area contributed by atoms with Crippen LogP contribution in [-0.4, -0.2) is 52.1 Å². The fourth-order valence-corrected chi connectivity index (χ4v) is 3.67. The molecule has 2 amide bonds. The molecule has 20 heavy (non-hydrogen) atoms. The minimum atomic E-state index is -0.870. The van der Waals surface area contributed by atoms with Crippen molar-refractivity contribution in [1.82, 2.24) is 9.80 Å². The second kappa shape index (κ2) is 6.02. The summed E-state index contributed by atoms with van der Waals surface area (Å²) < 4.78 is 0. The second-order valence-electron chi connectivity index (χ2n) is 6.53. The Balaban J connectivity index is 2.16. The molecule has 2 fully saturated rings. The van der Waals surface area contributed by atoms with E-state index >= 15 is 0 Å². The third-order valence-electron chi connectivity index (χ3n) is 4.75. The molecule has 114 valence electrons. The molecule has 2 aliphatic rings. The van der Waals surface area contributed by atoms with Crippen LogP contribution in [0.5, 0.6) is 0 Å². The zero-order chi connectivity index (χ0) is 14.9. The number of rotatable bonds is 2. The highest BCUT2D eigenvalue weighted by molar-refractivity contribution is 5.83. The summed E-state index contributed by atoms with van der Waals surface area (Å²) in [5, 5.41) is 9.43. The summed E-state index contributed by atoms with van der Waals surface area (Å²) in [5.41, 5.74) is 0. The summed E-state index contributed by atoms with van der Waals surface area (Å²) in [4.78, 5) is 27.8. The van der Waals surface area contributed by atoms with E-state index in [1.165, 1.54) is 0 Å². The Labute approximate surface area is 120 Å². The predicted molar refractivity (Wildman–Crippen MR) is 76.5 cm³/mol. The van der Waals surface area contributed by atoms with Crippen LogP contribution in [-0.2, 0) is 4.79 Å². The molecule has 2 saturated heterocycles. The van der Waals surface area contributed by atoms with E-state index in [9.17, 15) is 14.7 Å². The summed E-state index contributed by atoms with van der Waals surface area (Å²) in [6.07, 6.45) is 3.84. The van der Waals surface area contributed by atoms with Crippen LogP contribution in [0, 0.1) is 11.8 Å². The lowest BCUT2D eigenvalue weighted by molar-refractivity contribution is -0.145. The van der Waals surface area contributed by atoms with Crippen molar-refractivity contribution in [3.63, 3.8) is 0 Å². The van der Waals surface area contributed by atoms with Crippen molar-refractivity contribution >= 4 is 12.0 Å². The Bertz CT molecular complexity index is 383. The second-order valence-corrected chi connectivity index (χ2v) is 6.53. The molecular weight excluding hydrogens is 256 g/mol. The fraction of sp³-hybridized carbons (Fsp3) is 0.867. The molecule has 0 aliphatic carbocycles. The van der Waals surface area contributed by atoms with Crippen molar-refractivity contribution in [2.45, 2.75) is 58.5 Å². The number of carbonyl (C=O) groups is 2. The van der Waals surface area contributed by atoms with Gasteiger partial charge in [0, 0.05) is 19.1 Å². The summed E-state index contributed by atoms with van der Waals surface area (Å²) in [5.74, 6) is -0.414. The summed E-state index contributed by atoms with van der Waals surface area (Å²) in [7, 11) is 0. The molecule has 5 heteroatoms. The van der Waals surface area contributed by atoms with Crippen LogP contribution in [0.25, 0.3) is 0 Å². The number of hydrogen-bond acceptors (Lipinski definition) is 2. The van der Waals surface area contributed by atoms with Crippen molar-refractivity contribution in [2.75, 3.05) is 13.1 Å². The third kappa shape index (κ3) is 2.76. The highest BCUT2D eigenvalue weighted by Crippen LogP contribution is 2.29. The van der Waals surface area contributed by atoms with Crippen molar-refractivity contribution in [3.05, 3.63) is 0 Å². The summed E-state index contributed by atoms with van der Waals surface area (Å²) >= 11 is 0. The molecule has 5 nitrogen and oxygen atoms in total. The van der Waals surface area contributed by atoms with Gasteiger partial charge in [0.2, 0.25) is 0 Å². The van der Waals surface area contributed by atoms with E-state index in [-0.39, 0.29) is 18.0 Å². The number of carboxylic acids is 1. The quantitative estimate of drug-likeness (QED) is 0.846. The molecule has 2 heterocycles. The smallest absolute Gasteiger partial charge is 0.326 e. The molecule has 1 N–H and O–H groups in total. The molecule has 3 atom stereocenters. The average Bonchev–Trinajstić information content (AvgIpc) is 2.86. The molecule has 0 aromatic rings. The Morgan fingerprint density at radius 3 is 2.30 bits per heavy atom. The Morgan fingerprint density at radius 2 is 1.70 bits per heavy atom. The van der Waals surface area contributed by atoms with Gasteiger partial charge in [-0.3, -0.25) is 0 Å². The predicted octanol–water partition coefficient (Wildman–Crippen LogP) is 2.41. The van der Waals surface area contributed by atoms with Gasteiger partial charge >= 0.3 is 12.0 Å². The van der Waals surface area contributed by atoms with Crippen LogP contribution in [0.15, 0.2) is 0 Å². The Hall–Kier alpha value is -1.26. The lowest BCUT2D eigenvalue weighted by Crippen LogP contribution is -2.57. The first-order valence-electron chi connectivity index (χ1n) is 7.73. The van der Waals surface area contributed by atoms with Gasteiger partial charge in [0.15, 0.2) is 0 Å². The Kier molecular flexibility index (Phi) is 4.55. The zero-order valence-corrected chi connectivity index (χ0v) is 12.7. The van der Waals surface area contributed by atoms with E-state index in [1.807, 2.05) is 11.8 Å². The third-order valence-corrected chi connectivity index (χ3v) is 4.75. The van der Waals surface area contributed by atoms with Gasteiger partial charge < -0.3 is 14.9 Å². The number of aliphatic carboxylic acids is 1. The summed E-state index contributed by atoms with van der Waals surface area (Å²) in [6.45, 7) is 7.52. The zero-order valence-electron chi connectivity index (χ0n) is 12.7. The number of urea groups is 1. The van der Waals surface area contributed by atoms with Crippen molar-refractivity contribution in [2.24, 2.45) is 11.8 Å². The van der Waals surface area contributed by atoms with Gasteiger partial charge in [-0.1, -0.05) is 20.8 Å². The molecule has 2 aliphatic heterocycles. The Morgan fingerprint density at radius 1 is 1.10 bits per heavy atom. The standard InChI is InChI=1S/C15H26N2O3/c1-10(2)12-7-5-8-16(12)15(20)17-9-4-6-11(3)13(17)14(18)19/h10-13H,4-9H2,1-3H3,(H,18,19). The topological polar surface area (TPSA) is 60.9 Å². The van der Waals surface area contributed by atoms with Crippen LogP contribution >= 0.6 is 0 Å². The molecule has 3 unspecified atom stereocenters. The normalized spacial score (nSPS) is 30.9. The van der Waals surface area contributed by atoms with Gasteiger partial charge in [0.25, 0.3) is 0 Å². The highest BCUT2D eigenvalue weighted by atomic mass is 16.4.